The molecule has 0 radical (unpaired) electrons. The van der Waals surface area contributed by atoms with Crippen molar-refractivity contribution in [2.24, 2.45) is 0 Å². The molecule has 3 heterocycles. The summed E-state index contributed by atoms with van der Waals surface area (Å²) < 4.78 is 35.4. The summed E-state index contributed by atoms with van der Waals surface area (Å²) in [5.74, 6) is 0.573. The zero-order valence-electron chi connectivity index (χ0n) is 19.2. The number of imidazole rings is 1. The van der Waals surface area contributed by atoms with Crippen molar-refractivity contribution in [2.75, 3.05) is 18.6 Å². The lowest BCUT2D eigenvalue weighted by molar-refractivity contribution is -0.0740. The minimum absolute atomic E-state index is 0.178. The SMILES string of the molecule is CSc1nc(N)n2cc([C@@H]3O[C@H](COCc4ccccc4)[C@@H](OCc4ccccc4)[C@H]3F)nc2n1. The van der Waals surface area contributed by atoms with Gasteiger partial charge in [-0.25, -0.2) is 9.37 Å². The van der Waals surface area contributed by atoms with Gasteiger partial charge in [0, 0.05) is 6.20 Å². The van der Waals surface area contributed by atoms with Crippen LogP contribution in [0.15, 0.2) is 72.0 Å². The van der Waals surface area contributed by atoms with E-state index in [-0.39, 0.29) is 19.2 Å². The van der Waals surface area contributed by atoms with Crippen molar-refractivity contribution >= 4 is 23.5 Å². The van der Waals surface area contributed by atoms with Crippen molar-refractivity contribution in [1.29, 1.82) is 0 Å². The molecule has 182 valence electrons. The number of alkyl halides is 1. The Bertz CT molecular complexity index is 1260. The Morgan fingerprint density at radius 1 is 1.00 bits per heavy atom. The number of nitrogens with two attached hydrogens (primary N) is 1. The smallest absolute Gasteiger partial charge is 0.239 e. The standard InChI is InChI=1S/C25H26FN5O3S/c1-35-25-29-23(27)31-12-18(28-24(31)30-25)21-20(26)22(33-14-17-10-6-3-7-11-17)19(34-21)15-32-13-16-8-4-2-5-9-16/h2-12,19-22H,13-15H2,1H3,(H2,27,28,29,30)/t19-,20+,21+,22-/m1/s1. The first-order valence-corrected chi connectivity index (χ1v) is 12.5. The molecule has 0 spiro atoms. The van der Waals surface area contributed by atoms with Crippen LogP contribution in [0.1, 0.15) is 22.9 Å². The van der Waals surface area contributed by atoms with Gasteiger partial charge in [0.15, 0.2) is 11.3 Å². The topological polar surface area (TPSA) is 96.8 Å². The second-order valence-electron chi connectivity index (χ2n) is 8.21. The Morgan fingerprint density at radius 3 is 2.37 bits per heavy atom. The number of thioether (sulfide) groups is 1. The van der Waals surface area contributed by atoms with E-state index in [1.54, 1.807) is 6.20 Å². The predicted octanol–water partition coefficient (Wildman–Crippen LogP) is 4.01. The van der Waals surface area contributed by atoms with E-state index in [1.807, 2.05) is 66.9 Å². The molecule has 2 N–H and O–H groups in total. The molecular formula is C25H26FN5O3S. The quantitative estimate of drug-likeness (QED) is 0.348. The minimum Gasteiger partial charge on any atom is -0.374 e. The number of benzene rings is 2. The fraction of sp³-hybridized carbons (Fsp3) is 0.320. The van der Waals surface area contributed by atoms with Crippen LogP contribution in [-0.2, 0) is 27.4 Å². The molecule has 0 unspecified atom stereocenters. The molecule has 5 rings (SSSR count). The number of anilines is 1. The fourth-order valence-electron chi connectivity index (χ4n) is 4.04. The van der Waals surface area contributed by atoms with Crippen LogP contribution in [0, 0.1) is 0 Å². The highest BCUT2D eigenvalue weighted by atomic mass is 32.2. The molecule has 0 aliphatic carbocycles. The summed E-state index contributed by atoms with van der Waals surface area (Å²) >= 11 is 1.35. The second kappa shape index (κ2) is 10.7. The zero-order chi connectivity index (χ0) is 24.2. The third-order valence-electron chi connectivity index (χ3n) is 5.80. The zero-order valence-corrected chi connectivity index (χ0v) is 20.0. The average Bonchev–Trinajstić information content (AvgIpc) is 3.45. The number of fused-ring (bicyclic) bond motifs is 1. The highest BCUT2D eigenvalue weighted by Gasteiger charge is 2.48. The lowest BCUT2D eigenvalue weighted by Crippen LogP contribution is -2.34. The Hall–Kier alpha value is -3.05. The van der Waals surface area contributed by atoms with E-state index in [4.69, 9.17) is 19.9 Å². The first kappa shape index (κ1) is 23.7. The van der Waals surface area contributed by atoms with Gasteiger partial charge in [0.1, 0.15) is 18.3 Å². The molecule has 2 aromatic heterocycles. The Labute approximate surface area is 206 Å². The molecule has 8 nitrogen and oxygen atoms in total. The monoisotopic (exact) mass is 495 g/mol. The van der Waals surface area contributed by atoms with E-state index in [2.05, 4.69) is 15.0 Å². The first-order valence-electron chi connectivity index (χ1n) is 11.3. The van der Waals surface area contributed by atoms with Crippen LogP contribution < -0.4 is 5.73 Å². The Kier molecular flexibility index (Phi) is 7.24. The summed E-state index contributed by atoms with van der Waals surface area (Å²) in [6.45, 7) is 0.834. The van der Waals surface area contributed by atoms with Gasteiger partial charge in [-0.1, -0.05) is 72.4 Å². The Balaban J connectivity index is 1.35. The Morgan fingerprint density at radius 2 is 1.69 bits per heavy atom. The summed E-state index contributed by atoms with van der Waals surface area (Å²) in [6, 6.07) is 19.4. The number of nitrogen functional groups attached to an aromatic ring is 1. The number of halogens is 1. The molecule has 10 heteroatoms. The summed E-state index contributed by atoms with van der Waals surface area (Å²) in [5.41, 5.74) is 8.41. The van der Waals surface area contributed by atoms with Gasteiger partial charge in [-0.3, -0.25) is 4.40 Å². The van der Waals surface area contributed by atoms with E-state index in [1.165, 1.54) is 16.2 Å². The van der Waals surface area contributed by atoms with Crippen LogP contribution in [0.3, 0.4) is 0 Å². The number of hydrogen-bond donors (Lipinski definition) is 1. The van der Waals surface area contributed by atoms with Gasteiger partial charge in [0.2, 0.25) is 11.7 Å². The summed E-state index contributed by atoms with van der Waals surface area (Å²) in [6.07, 6.45) is -0.374. The molecule has 1 aliphatic rings. The van der Waals surface area contributed by atoms with Gasteiger partial charge in [-0.2, -0.15) is 9.97 Å². The molecule has 1 saturated heterocycles. The van der Waals surface area contributed by atoms with Crippen molar-refractivity contribution in [1.82, 2.24) is 19.4 Å². The maximum absolute atomic E-state index is 15.8. The fourth-order valence-corrected chi connectivity index (χ4v) is 4.40. The molecule has 1 aliphatic heterocycles. The van der Waals surface area contributed by atoms with E-state index in [0.717, 1.165) is 11.1 Å². The number of ether oxygens (including phenoxy) is 3. The molecule has 4 atom stereocenters. The first-order chi connectivity index (χ1) is 17.1. The summed E-state index contributed by atoms with van der Waals surface area (Å²) in [7, 11) is 0. The minimum atomic E-state index is -1.46. The van der Waals surface area contributed by atoms with Crippen LogP contribution in [0.5, 0.6) is 0 Å². The average molecular weight is 496 g/mol. The lowest BCUT2D eigenvalue weighted by atomic mass is 10.1. The number of aromatic nitrogens is 4. The molecule has 35 heavy (non-hydrogen) atoms. The van der Waals surface area contributed by atoms with Crippen LogP contribution in [0.4, 0.5) is 10.3 Å². The van der Waals surface area contributed by atoms with Crippen molar-refractivity contribution in [2.45, 2.75) is 42.9 Å². The van der Waals surface area contributed by atoms with E-state index < -0.39 is 24.5 Å². The molecule has 4 aromatic rings. The third-order valence-corrected chi connectivity index (χ3v) is 6.35. The van der Waals surface area contributed by atoms with Crippen molar-refractivity contribution in [3.8, 4) is 0 Å². The summed E-state index contributed by atoms with van der Waals surface area (Å²) in [4.78, 5) is 13.1. The van der Waals surface area contributed by atoms with Gasteiger partial charge in [0.25, 0.3) is 0 Å². The van der Waals surface area contributed by atoms with Gasteiger partial charge in [0.05, 0.1) is 25.5 Å². The molecule has 0 saturated carbocycles. The van der Waals surface area contributed by atoms with E-state index >= 15 is 4.39 Å². The van der Waals surface area contributed by atoms with Crippen LogP contribution >= 0.6 is 11.8 Å². The normalized spacial score (nSPS) is 22.1. The maximum Gasteiger partial charge on any atom is 0.239 e. The van der Waals surface area contributed by atoms with Gasteiger partial charge in [-0.15, -0.1) is 0 Å². The molecule has 0 amide bonds. The van der Waals surface area contributed by atoms with Crippen LogP contribution in [0.25, 0.3) is 5.78 Å². The number of rotatable bonds is 9. The maximum atomic E-state index is 15.8. The van der Waals surface area contributed by atoms with Crippen molar-refractivity contribution in [3.63, 3.8) is 0 Å². The van der Waals surface area contributed by atoms with Crippen molar-refractivity contribution < 1.29 is 18.6 Å². The second-order valence-corrected chi connectivity index (χ2v) is 8.98. The summed E-state index contributed by atoms with van der Waals surface area (Å²) in [5, 5.41) is 0.493. The molecule has 0 bridgehead atoms. The van der Waals surface area contributed by atoms with Gasteiger partial charge in [-0.05, 0) is 17.4 Å². The van der Waals surface area contributed by atoms with Crippen LogP contribution in [0.2, 0.25) is 0 Å². The number of hydrogen-bond acceptors (Lipinski definition) is 8. The van der Waals surface area contributed by atoms with Gasteiger partial charge >= 0.3 is 0 Å². The highest BCUT2D eigenvalue weighted by molar-refractivity contribution is 7.98. The largest absolute Gasteiger partial charge is 0.374 e. The van der Waals surface area contributed by atoms with Crippen LogP contribution in [-0.4, -0.2) is 50.6 Å². The van der Waals surface area contributed by atoms with E-state index in [0.29, 0.717) is 23.2 Å². The molecule has 2 aromatic carbocycles. The third kappa shape index (κ3) is 5.30. The van der Waals surface area contributed by atoms with Crippen molar-refractivity contribution in [3.05, 3.63) is 83.7 Å². The number of nitrogens with zero attached hydrogens (tertiary/aromatic N) is 4. The lowest BCUT2D eigenvalue weighted by Gasteiger charge is -2.20. The van der Waals surface area contributed by atoms with Gasteiger partial charge < -0.3 is 19.9 Å². The van der Waals surface area contributed by atoms with E-state index in [9.17, 15) is 0 Å². The highest BCUT2D eigenvalue weighted by Crippen LogP contribution is 2.38. The molecular weight excluding hydrogens is 469 g/mol. The molecule has 1 fully saturated rings. The predicted molar refractivity (Wildman–Crippen MR) is 131 cm³/mol.